The van der Waals surface area contributed by atoms with Crippen LogP contribution in [0.2, 0.25) is 0 Å². The Kier molecular flexibility index (Phi) is 8.43. The van der Waals surface area contributed by atoms with Crippen LogP contribution in [0.1, 0.15) is 36.3 Å². The molecule has 2 aromatic heterocycles. The summed E-state index contributed by atoms with van der Waals surface area (Å²) in [6.07, 6.45) is 2.99. The van der Waals surface area contributed by atoms with Crippen LogP contribution in [-0.4, -0.2) is 48.8 Å². The van der Waals surface area contributed by atoms with Crippen molar-refractivity contribution >= 4 is 34.3 Å². The van der Waals surface area contributed by atoms with Gasteiger partial charge in [0.05, 0.1) is 37.7 Å². The summed E-state index contributed by atoms with van der Waals surface area (Å²) in [5, 5.41) is 7.01. The Morgan fingerprint density at radius 1 is 1.18 bits per heavy atom. The number of benzene rings is 1. The highest BCUT2D eigenvalue weighted by atomic mass is 16.5. The Bertz CT molecular complexity index is 1090. The van der Waals surface area contributed by atoms with Crippen LogP contribution in [0, 0.1) is 5.92 Å². The fourth-order valence-corrected chi connectivity index (χ4v) is 3.56. The molecular weight excluding hydrogens is 420 g/mol. The number of esters is 1. The zero-order valence-electron chi connectivity index (χ0n) is 19.7. The van der Waals surface area contributed by atoms with Gasteiger partial charge in [0.2, 0.25) is 5.91 Å². The summed E-state index contributed by atoms with van der Waals surface area (Å²) in [4.78, 5) is 30.3. The quantitative estimate of drug-likeness (QED) is 0.425. The number of hydrogen-bond acceptors (Lipinski definition) is 6. The van der Waals surface area contributed by atoms with E-state index < -0.39 is 5.97 Å². The fraction of sp³-hybridized carbons (Fsp3) is 0.400. The molecule has 0 aliphatic heterocycles. The highest BCUT2D eigenvalue weighted by Crippen LogP contribution is 2.33. The molecule has 2 heterocycles. The average Bonchev–Trinajstić information content (AvgIpc) is 3.13. The smallest absolute Gasteiger partial charge is 0.356 e. The lowest BCUT2D eigenvalue weighted by Crippen LogP contribution is -2.19. The Morgan fingerprint density at radius 2 is 1.94 bits per heavy atom. The lowest BCUT2D eigenvalue weighted by molar-refractivity contribution is -0.115. The van der Waals surface area contributed by atoms with Crippen LogP contribution < -0.4 is 10.6 Å². The monoisotopic (exact) mass is 452 g/mol. The molecule has 8 heteroatoms. The molecule has 0 saturated heterocycles. The third-order valence-electron chi connectivity index (χ3n) is 5.62. The number of nitrogens with one attached hydrogen (secondary N) is 2. The predicted molar refractivity (Wildman–Crippen MR) is 130 cm³/mol. The highest BCUT2D eigenvalue weighted by molar-refractivity contribution is 6.11. The second kappa shape index (κ2) is 11.5. The van der Waals surface area contributed by atoms with Gasteiger partial charge in [0.15, 0.2) is 5.69 Å². The normalized spacial score (nSPS) is 11.9. The van der Waals surface area contributed by atoms with Crippen molar-refractivity contribution in [3.63, 3.8) is 0 Å². The molecule has 1 amide bonds. The van der Waals surface area contributed by atoms with Crippen molar-refractivity contribution in [1.29, 1.82) is 0 Å². The van der Waals surface area contributed by atoms with E-state index in [9.17, 15) is 9.59 Å². The van der Waals surface area contributed by atoms with E-state index in [2.05, 4.69) is 29.5 Å². The Labute approximate surface area is 194 Å². The molecule has 0 unspecified atom stereocenters. The minimum Gasteiger partial charge on any atom is -0.464 e. The first-order valence-electron chi connectivity index (χ1n) is 11.2. The van der Waals surface area contributed by atoms with Gasteiger partial charge in [-0.2, -0.15) is 0 Å². The van der Waals surface area contributed by atoms with E-state index in [1.165, 1.54) is 7.11 Å². The molecule has 0 fully saturated rings. The minimum atomic E-state index is -0.548. The number of anilines is 2. The summed E-state index contributed by atoms with van der Waals surface area (Å²) >= 11 is 0. The number of fused-ring (bicyclic) bond motifs is 1. The highest BCUT2D eigenvalue weighted by Gasteiger charge is 2.26. The van der Waals surface area contributed by atoms with E-state index in [1.807, 2.05) is 36.4 Å². The molecule has 0 radical (unpaired) electrons. The van der Waals surface area contributed by atoms with Gasteiger partial charge in [-0.3, -0.25) is 4.79 Å². The first kappa shape index (κ1) is 24.3. The van der Waals surface area contributed by atoms with Crippen LogP contribution >= 0.6 is 0 Å². The van der Waals surface area contributed by atoms with Crippen LogP contribution in [0.25, 0.3) is 11.0 Å². The van der Waals surface area contributed by atoms with Gasteiger partial charge < -0.3 is 24.7 Å². The second-order valence-electron chi connectivity index (χ2n) is 8.06. The van der Waals surface area contributed by atoms with Gasteiger partial charge in [0, 0.05) is 25.6 Å². The Hall–Kier alpha value is -3.39. The maximum Gasteiger partial charge on any atom is 0.356 e. The molecule has 2 N–H and O–H groups in total. The molecule has 1 atom stereocenters. The molecule has 0 bridgehead atoms. The summed E-state index contributed by atoms with van der Waals surface area (Å²) in [5.74, 6) is -0.272. The summed E-state index contributed by atoms with van der Waals surface area (Å²) in [6, 6.07) is 11.4. The zero-order valence-corrected chi connectivity index (χ0v) is 19.7. The molecule has 0 aliphatic carbocycles. The summed E-state index contributed by atoms with van der Waals surface area (Å²) in [5.41, 5.74) is 2.93. The maximum absolute atomic E-state index is 12.9. The van der Waals surface area contributed by atoms with Gasteiger partial charge in [-0.05, 0) is 17.5 Å². The number of aromatic nitrogens is 2. The average molecular weight is 453 g/mol. The first-order chi connectivity index (χ1) is 16.0. The van der Waals surface area contributed by atoms with Gasteiger partial charge >= 0.3 is 5.97 Å². The molecular formula is C25H32N4O4. The molecule has 3 rings (SSSR count). The largest absolute Gasteiger partial charge is 0.464 e. The van der Waals surface area contributed by atoms with E-state index >= 15 is 0 Å². The van der Waals surface area contributed by atoms with Crippen LogP contribution in [0.5, 0.6) is 0 Å². The number of ether oxygens (including phenoxy) is 2. The summed E-state index contributed by atoms with van der Waals surface area (Å²) in [7, 11) is 2.92. The number of pyridine rings is 1. The van der Waals surface area contributed by atoms with Crippen molar-refractivity contribution in [2.24, 2.45) is 5.92 Å². The molecule has 33 heavy (non-hydrogen) atoms. The van der Waals surface area contributed by atoms with E-state index in [4.69, 9.17) is 9.47 Å². The van der Waals surface area contributed by atoms with Crippen molar-refractivity contribution in [3.8, 4) is 0 Å². The predicted octanol–water partition coefficient (Wildman–Crippen LogP) is 4.11. The number of rotatable bonds is 11. The lowest BCUT2D eigenvalue weighted by Gasteiger charge is -2.11. The van der Waals surface area contributed by atoms with Crippen molar-refractivity contribution in [2.75, 3.05) is 38.0 Å². The van der Waals surface area contributed by atoms with Crippen molar-refractivity contribution in [1.82, 2.24) is 9.55 Å². The molecule has 3 aromatic rings. The number of carbonyl (C=O) groups excluding carboxylic acids is 2. The van der Waals surface area contributed by atoms with Gasteiger partial charge in [-0.1, -0.05) is 50.6 Å². The van der Waals surface area contributed by atoms with Gasteiger partial charge in [-0.15, -0.1) is 0 Å². The maximum atomic E-state index is 12.9. The van der Waals surface area contributed by atoms with Gasteiger partial charge in [0.1, 0.15) is 5.65 Å². The second-order valence-corrected chi connectivity index (χ2v) is 8.06. The van der Waals surface area contributed by atoms with E-state index in [0.717, 1.165) is 24.2 Å². The minimum absolute atomic E-state index is 0.186. The van der Waals surface area contributed by atoms with Crippen LogP contribution in [0.4, 0.5) is 11.4 Å². The van der Waals surface area contributed by atoms with Crippen LogP contribution in [0.15, 0.2) is 42.6 Å². The van der Waals surface area contributed by atoms with E-state index in [1.54, 1.807) is 17.9 Å². The number of amides is 1. The number of nitrogens with zero attached hydrogens (tertiary/aromatic N) is 2. The lowest BCUT2D eigenvalue weighted by atomic mass is 10.1. The SMILES string of the molecule is CC[C@@H](C)CNc1cnc2c(c1)c(NC(=O)Cc1ccccc1)c(C(=O)OC)n2CCOC. The van der Waals surface area contributed by atoms with Crippen LogP contribution in [-0.2, 0) is 27.2 Å². The van der Waals surface area contributed by atoms with E-state index in [-0.39, 0.29) is 18.0 Å². The molecule has 8 nitrogen and oxygen atoms in total. The number of carbonyl (C=O) groups is 2. The van der Waals surface area contributed by atoms with Gasteiger partial charge in [-0.25, -0.2) is 9.78 Å². The number of hydrogen-bond donors (Lipinski definition) is 2. The third-order valence-corrected chi connectivity index (χ3v) is 5.62. The summed E-state index contributed by atoms with van der Waals surface area (Å²) < 4.78 is 12.0. The fourth-order valence-electron chi connectivity index (χ4n) is 3.56. The molecule has 0 saturated carbocycles. The first-order valence-corrected chi connectivity index (χ1v) is 11.2. The summed E-state index contributed by atoms with van der Waals surface area (Å²) in [6.45, 7) is 5.88. The third kappa shape index (κ3) is 5.90. The zero-order chi connectivity index (χ0) is 23.8. The van der Waals surface area contributed by atoms with Crippen molar-refractivity contribution < 1.29 is 19.1 Å². The Balaban J connectivity index is 2.05. The molecule has 176 valence electrons. The molecule has 0 spiro atoms. The van der Waals surface area contributed by atoms with Crippen molar-refractivity contribution in [2.45, 2.75) is 33.2 Å². The van der Waals surface area contributed by atoms with Crippen molar-refractivity contribution in [3.05, 3.63) is 53.9 Å². The molecule has 1 aromatic carbocycles. The van der Waals surface area contributed by atoms with Gasteiger partial charge in [0.25, 0.3) is 0 Å². The van der Waals surface area contributed by atoms with E-state index in [0.29, 0.717) is 35.8 Å². The molecule has 0 aliphatic rings. The number of methoxy groups -OCH3 is 2. The topological polar surface area (TPSA) is 94.5 Å². The van der Waals surface area contributed by atoms with Crippen LogP contribution in [0.3, 0.4) is 0 Å². The standard InChI is InChI=1S/C25H32N4O4/c1-5-17(2)15-26-19-14-20-22(28-21(30)13-18-9-7-6-8-10-18)23(25(31)33-4)29(11-12-32-3)24(20)27-16-19/h6-10,14,16-17,26H,5,11-13,15H2,1-4H3,(H,28,30)/t17-/m1/s1. The Morgan fingerprint density at radius 3 is 2.61 bits per heavy atom.